The second-order valence-electron chi connectivity index (χ2n) is 4.63. The molecule has 2 aromatic carbocycles. The molecule has 0 atom stereocenters. The molecule has 0 radical (unpaired) electrons. The van der Waals surface area contributed by atoms with E-state index in [0.29, 0.717) is 16.4 Å². The molecule has 1 amide bonds. The Kier molecular flexibility index (Phi) is 4.36. The van der Waals surface area contributed by atoms with Crippen LogP contribution >= 0.6 is 22.9 Å². The zero-order valence-electron chi connectivity index (χ0n) is 11.5. The molecule has 3 aromatic rings. The fraction of sp³-hybridized carbons (Fsp3) is 0. The summed E-state index contributed by atoms with van der Waals surface area (Å²) in [5.41, 5.74) is 1.31. The number of carbonyl (C=O) groups excluding carboxylic acids is 1. The number of rotatable bonds is 3. The molecule has 1 aromatic heterocycles. The number of hydrogen-bond acceptors (Lipinski definition) is 3. The molecule has 1 N–H and O–H groups in total. The van der Waals surface area contributed by atoms with Crippen LogP contribution in [0, 0.1) is 11.6 Å². The van der Waals surface area contributed by atoms with Gasteiger partial charge in [-0.15, -0.1) is 11.3 Å². The average Bonchev–Trinajstić information content (AvgIpc) is 2.95. The number of halogens is 3. The lowest BCUT2D eigenvalue weighted by atomic mass is 10.2. The van der Waals surface area contributed by atoms with E-state index in [1.54, 1.807) is 17.5 Å². The van der Waals surface area contributed by atoms with Crippen molar-refractivity contribution in [2.24, 2.45) is 0 Å². The summed E-state index contributed by atoms with van der Waals surface area (Å²) in [5.74, 6) is -1.37. The molecule has 0 aliphatic heterocycles. The zero-order chi connectivity index (χ0) is 16.4. The first-order valence-electron chi connectivity index (χ1n) is 6.51. The van der Waals surface area contributed by atoms with E-state index in [4.69, 9.17) is 11.6 Å². The van der Waals surface area contributed by atoms with Crippen molar-refractivity contribution in [3.05, 3.63) is 70.1 Å². The van der Waals surface area contributed by atoms with Gasteiger partial charge in [0.25, 0.3) is 5.91 Å². The molecule has 0 aliphatic rings. The van der Waals surface area contributed by atoms with E-state index in [2.05, 4.69) is 10.3 Å². The summed E-state index contributed by atoms with van der Waals surface area (Å²) in [7, 11) is 0. The lowest BCUT2D eigenvalue weighted by Crippen LogP contribution is -2.12. The maximum Gasteiger partial charge on any atom is 0.258 e. The summed E-state index contributed by atoms with van der Waals surface area (Å²) in [6.45, 7) is 0. The molecular weight excluding hydrogens is 342 g/mol. The Morgan fingerprint density at radius 1 is 1.13 bits per heavy atom. The van der Waals surface area contributed by atoms with Crippen molar-refractivity contribution in [3.63, 3.8) is 0 Å². The molecule has 7 heteroatoms. The smallest absolute Gasteiger partial charge is 0.258 e. The Hall–Kier alpha value is -2.31. The van der Waals surface area contributed by atoms with Crippen LogP contribution in [-0.4, -0.2) is 10.9 Å². The first-order chi connectivity index (χ1) is 11.0. The highest BCUT2D eigenvalue weighted by Crippen LogP contribution is 2.26. The Bertz CT molecular complexity index is 882. The molecule has 0 saturated carbocycles. The number of amides is 1. The standard InChI is InChI=1S/C16H9ClF2N2OS/c17-13-7-11(19)4-5-12(13)15(22)21-16-20-14(8-23-16)9-2-1-3-10(18)6-9/h1-8H,(H,20,21,22). The predicted molar refractivity (Wildman–Crippen MR) is 86.9 cm³/mol. The molecule has 0 unspecified atom stereocenters. The van der Waals surface area contributed by atoms with Gasteiger partial charge in [-0.05, 0) is 30.3 Å². The maximum atomic E-state index is 13.2. The number of benzene rings is 2. The molecule has 0 spiro atoms. The highest BCUT2D eigenvalue weighted by atomic mass is 35.5. The van der Waals surface area contributed by atoms with Gasteiger partial charge in [-0.1, -0.05) is 23.7 Å². The SMILES string of the molecule is O=C(Nc1nc(-c2cccc(F)c2)cs1)c1ccc(F)cc1Cl. The third kappa shape index (κ3) is 3.55. The van der Waals surface area contributed by atoms with Crippen molar-refractivity contribution in [3.8, 4) is 11.3 Å². The van der Waals surface area contributed by atoms with E-state index in [9.17, 15) is 13.6 Å². The van der Waals surface area contributed by atoms with Gasteiger partial charge in [-0.2, -0.15) is 0 Å². The highest BCUT2D eigenvalue weighted by molar-refractivity contribution is 7.14. The number of anilines is 1. The summed E-state index contributed by atoms with van der Waals surface area (Å²) in [4.78, 5) is 16.4. The Morgan fingerprint density at radius 3 is 2.65 bits per heavy atom. The first kappa shape index (κ1) is 15.6. The summed E-state index contributed by atoms with van der Waals surface area (Å²) >= 11 is 7.05. The second-order valence-corrected chi connectivity index (χ2v) is 5.89. The van der Waals surface area contributed by atoms with Gasteiger partial charge < -0.3 is 0 Å². The third-order valence-electron chi connectivity index (χ3n) is 3.02. The second kappa shape index (κ2) is 6.44. The predicted octanol–water partition coefficient (Wildman–Crippen LogP) is 4.99. The monoisotopic (exact) mass is 350 g/mol. The van der Waals surface area contributed by atoms with E-state index in [-0.39, 0.29) is 16.4 Å². The molecule has 1 heterocycles. The fourth-order valence-corrected chi connectivity index (χ4v) is 2.92. The number of nitrogens with zero attached hydrogens (tertiary/aromatic N) is 1. The van der Waals surface area contributed by atoms with Crippen LogP contribution in [0.4, 0.5) is 13.9 Å². The largest absolute Gasteiger partial charge is 0.298 e. The zero-order valence-corrected chi connectivity index (χ0v) is 13.1. The minimum absolute atomic E-state index is 0.0180. The molecule has 0 bridgehead atoms. The molecule has 0 fully saturated rings. The van der Waals surface area contributed by atoms with E-state index in [0.717, 1.165) is 12.1 Å². The van der Waals surface area contributed by atoms with Crippen LogP contribution in [0.1, 0.15) is 10.4 Å². The highest BCUT2D eigenvalue weighted by Gasteiger charge is 2.13. The number of thiazole rings is 1. The van der Waals surface area contributed by atoms with Crippen LogP contribution in [-0.2, 0) is 0 Å². The van der Waals surface area contributed by atoms with Crippen LogP contribution in [0.2, 0.25) is 5.02 Å². The molecule has 0 saturated heterocycles. The van der Waals surface area contributed by atoms with Crippen LogP contribution in [0.25, 0.3) is 11.3 Å². The molecule has 0 aliphatic carbocycles. The van der Waals surface area contributed by atoms with Crippen molar-refractivity contribution in [2.45, 2.75) is 0 Å². The van der Waals surface area contributed by atoms with Gasteiger partial charge in [0.15, 0.2) is 5.13 Å². The Balaban J connectivity index is 1.80. The van der Waals surface area contributed by atoms with Gasteiger partial charge in [-0.25, -0.2) is 13.8 Å². The maximum absolute atomic E-state index is 13.2. The molecule has 3 nitrogen and oxygen atoms in total. The minimum Gasteiger partial charge on any atom is -0.298 e. The molecular formula is C16H9ClF2N2OS. The summed E-state index contributed by atoms with van der Waals surface area (Å²) < 4.78 is 26.2. The number of aromatic nitrogens is 1. The Labute approximate surface area is 139 Å². The van der Waals surface area contributed by atoms with E-state index >= 15 is 0 Å². The number of nitrogens with one attached hydrogen (secondary N) is 1. The number of carbonyl (C=O) groups is 1. The van der Waals surface area contributed by atoms with Crippen LogP contribution in [0.15, 0.2) is 47.8 Å². The Morgan fingerprint density at radius 2 is 1.91 bits per heavy atom. The van der Waals surface area contributed by atoms with Gasteiger partial charge in [-0.3, -0.25) is 10.1 Å². The van der Waals surface area contributed by atoms with Crippen molar-refractivity contribution in [1.82, 2.24) is 4.98 Å². The molecule has 3 rings (SSSR count). The van der Waals surface area contributed by atoms with Crippen molar-refractivity contribution < 1.29 is 13.6 Å². The fourth-order valence-electron chi connectivity index (χ4n) is 1.95. The molecule has 116 valence electrons. The lowest BCUT2D eigenvalue weighted by Gasteiger charge is -2.04. The van der Waals surface area contributed by atoms with Gasteiger partial charge in [0.05, 0.1) is 16.3 Å². The van der Waals surface area contributed by atoms with Gasteiger partial charge in [0.2, 0.25) is 0 Å². The van der Waals surface area contributed by atoms with Crippen LogP contribution < -0.4 is 5.32 Å². The van der Waals surface area contributed by atoms with Crippen molar-refractivity contribution in [2.75, 3.05) is 5.32 Å². The van der Waals surface area contributed by atoms with Crippen LogP contribution in [0.3, 0.4) is 0 Å². The lowest BCUT2D eigenvalue weighted by molar-refractivity contribution is 0.102. The van der Waals surface area contributed by atoms with Gasteiger partial charge in [0.1, 0.15) is 11.6 Å². The summed E-state index contributed by atoms with van der Waals surface area (Å²) in [6.07, 6.45) is 0. The topological polar surface area (TPSA) is 42.0 Å². The normalized spacial score (nSPS) is 10.6. The first-order valence-corrected chi connectivity index (χ1v) is 7.76. The van der Waals surface area contributed by atoms with Crippen molar-refractivity contribution in [1.29, 1.82) is 0 Å². The quantitative estimate of drug-likeness (QED) is 0.722. The van der Waals surface area contributed by atoms with E-state index in [1.165, 1.54) is 29.5 Å². The summed E-state index contributed by atoms with van der Waals surface area (Å²) in [5, 5.41) is 4.66. The minimum atomic E-state index is -0.519. The summed E-state index contributed by atoms with van der Waals surface area (Å²) in [6, 6.07) is 9.53. The van der Waals surface area contributed by atoms with E-state index in [1.807, 2.05) is 0 Å². The molecule has 23 heavy (non-hydrogen) atoms. The van der Waals surface area contributed by atoms with Crippen LogP contribution in [0.5, 0.6) is 0 Å². The average molecular weight is 351 g/mol. The van der Waals surface area contributed by atoms with Gasteiger partial charge in [0, 0.05) is 10.9 Å². The number of hydrogen-bond donors (Lipinski definition) is 1. The van der Waals surface area contributed by atoms with E-state index < -0.39 is 11.7 Å². The van der Waals surface area contributed by atoms with Crippen molar-refractivity contribution >= 4 is 34.0 Å². The third-order valence-corrected chi connectivity index (χ3v) is 4.09. The van der Waals surface area contributed by atoms with Gasteiger partial charge >= 0.3 is 0 Å².